The first-order valence-electron chi connectivity index (χ1n) is 4.28. The lowest BCUT2D eigenvalue weighted by Crippen LogP contribution is -2.15. The van der Waals surface area contributed by atoms with Gasteiger partial charge in [0.25, 0.3) is 5.56 Å². The molecule has 5 heteroatoms. The SMILES string of the molecule is C=C(CC)CNc1nc[nH]c(=O)c1I. The Kier molecular flexibility index (Phi) is 4.12. The van der Waals surface area contributed by atoms with E-state index >= 15 is 0 Å². The van der Waals surface area contributed by atoms with Crippen molar-refractivity contribution in [2.45, 2.75) is 13.3 Å². The lowest BCUT2D eigenvalue weighted by molar-refractivity contribution is 1.02. The predicted molar refractivity (Wildman–Crippen MR) is 65.5 cm³/mol. The van der Waals surface area contributed by atoms with Crippen molar-refractivity contribution >= 4 is 28.4 Å². The quantitative estimate of drug-likeness (QED) is 0.658. The van der Waals surface area contributed by atoms with Gasteiger partial charge in [-0.15, -0.1) is 0 Å². The van der Waals surface area contributed by atoms with Gasteiger partial charge in [-0.2, -0.15) is 0 Å². The van der Waals surface area contributed by atoms with Crippen LogP contribution in [0.1, 0.15) is 13.3 Å². The van der Waals surface area contributed by atoms with E-state index in [1.54, 1.807) is 0 Å². The highest BCUT2D eigenvalue weighted by Gasteiger charge is 2.03. The maximum atomic E-state index is 11.2. The standard InChI is InChI=1S/C9H12IN3O/c1-3-6(2)4-11-8-7(10)9(14)13-5-12-8/h5H,2-4H2,1H3,(H2,11,12,13,14). The molecule has 1 rings (SSSR count). The molecule has 0 saturated heterocycles. The fraction of sp³-hybridized carbons (Fsp3) is 0.333. The van der Waals surface area contributed by atoms with E-state index in [0.29, 0.717) is 15.9 Å². The molecule has 1 heterocycles. The molecule has 1 aromatic rings. The van der Waals surface area contributed by atoms with Crippen molar-refractivity contribution in [3.63, 3.8) is 0 Å². The van der Waals surface area contributed by atoms with E-state index in [2.05, 4.69) is 21.9 Å². The Morgan fingerprint density at radius 1 is 1.79 bits per heavy atom. The van der Waals surface area contributed by atoms with Gasteiger partial charge >= 0.3 is 0 Å². The second kappa shape index (κ2) is 5.14. The number of halogens is 1. The highest BCUT2D eigenvalue weighted by molar-refractivity contribution is 14.1. The Labute approximate surface area is 96.0 Å². The number of hydrogen-bond acceptors (Lipinski definition) is 3. The van der Waals surface area contributed by atoms with Gasteiger partial charge in [0, 0.05) is 6.54 Å². The topological polar surface area (TPSA) is 57.8 Å². The first kappa shape index (κ1) is 11.2. The van der Waals surface area contributed by atoms with Gasteiger partial charge in [-0.3, -0.25) is 4.79 Å². The number of nitrogens with one attached hydrogen (secondary N) is 2. The molecule has 14 heavy (non-hydrogen) atoms. The van der Waals surface area contributed by atoms with Crippen LogP contribution in [0, 0.1) is 3.57 Å². The van der Waals surface area contributed by atoms with Gasteiger partial charge in [-0.25, -0.2) is 4.98 Å². The maximum absolute atomic E-state index is 11.2. The van der Waals surface area contributed by atoms with E-state index in [0.717, 1.165) is 12.0 Å². The molecule has 0 amide bonds. The van der Waals surface area contributed by atoms with Crippen LogP contribution in [0.4, 0.5) is 5.82 Å². The smallest absolute Gasteiger partial charge is 0.266 e. The van der Waals surface area contributed by atoms with E-state index in [1.165, 1.54) is 6.33 Å². The third-order valence-electron chi connectivity index (χ3n) is 1.80. The lowest BCUT2D eigenvalue weighted by atomic mass is 10.2. The number of aromatic nitrogens is 2. The van der Waals surface area contributed by atoms with Crippen molar-refractivity contribution in [2.24, 2.45) is 0 Å². The van der Waals surface area contributed by atoms with Crippen LogP contribution in [-0.4, -0.2) is 16.5 Å². The predicted octanol–water partition coefficient (Wildman–Crippen LogP) is 1.75. The molecular formula is C9H12IN3O. The summed E-state index contributed by atoms with van der Waals surface area (Å²) >= 11 is 1.97. The van der Waals surface area contributed by atoms with Crippen LogP contribution in [-0.2, 0) is 0 Å². The molecule has 76 valence electrons. The molecule has 0 spiro atoms. The van der Waals surface area contributed by atoms with Crippen LogP contribution in [0.15, 0.2) is 23.3 Å². The summed E-state index contributed by atoms with van der Waals surface area (Å²) in [7, 11) is 0. The van der Waals surface area contributed by atoms with Crippen molar-refractivity contribution in [3.05, 3.63) is 32.4 Å². The number of rotatable bonds is 4. The minimum atomic E-state index is -0.120. The highest BCUT2D eigenvalue weighted by atomic mass is 127. The normalized spacial score (nSPS) is 9.86. The minimum Gasteiger partial charge on any atom is -0.365 e. The van der Waals surface area contributed by atoms with Crippen LogP contribution in [0.2, 0.25) is 0 Å². The molecule has 2 N–H and O–H groups in total. The first-order valence-corrected chi connectivity index (χ1v) is 5.36. The summed E-state index contributed by atoms with van der Waals surface area (Å²) in [5, 5.41) is 3.07. The molecule has 0 atom stereocenters. The molecule has 0 aliphatic rings. The van der Waals surface area contributed by atoms with E-state index in [4.69, 9.17) is 0 Å². The van der Waals surface area contributed by atoms with Gasteiger partial charge in [0.1, 0.15) is 9.39 Å². The van der Waals surface area contributed by atoms with Gasteiger partial charge < -0.3 is 10.3 Å². The minimum absolute atomic E-state index is 0.120. The molecule has 0 saturated carbocycles. The van der Waals surface area contributed by atoms with Gasteiger partial charge in [0.2, 0.25) is 0 Å². The van der Waals surface area contributed by atoms with Crippen LogP contribution in [0.5, 0.6) is 0 Å². The largest absolute Gasteiger partial charge is 0.365 e. The van der Waals surface area contributed by atoms with E-state index in [-0.39, 0.29) is 5.56 Å². The second-order valence-corrected chi connectivity index (χ2v) is 3.93. The number of hydrogen-bond donors (Lipinski definition) is 2. The van der Waals surface area contributed by atoms with E-state index in [9.17, 15) is 4.79 Å². The maximum Gasteiger partial charge on any atom is 0.266 e. The van der Waals surface area contributed by atoms with Crippen molar-refractivity contribution in [3.8, 4) is 0 Å². The van der Waals surface area contributed by atoms with Crippen molar-refractivity contribution in [1.82, 2.24) is 9.97 Å². The van der Waals surface area contributed by atoms with Gasteiger partial charge in [0.15, 0.2) is 0 Å². The number of nitrogens with zero attached hydrogens (tertiary/aromatic N) is 1. The zero-order chi connectivity index (χ0) is 10.6. The molecule has 0 aromatic carbocycles. The van der Waals surface area contributed by atoms with Crippen LogP contribution in [0.3, 0.4) is 0 Å². The molecule has 0 radical (unpaired) electrons. The second-order valence-electron chi connectivity index (χ2n) is 2.85. The molecule has 0 fully saturated rings. The van der Waals surface area contributed by atoms with Crippen molar-refractivity contribution in [2.75, 3.05) is 11.9 Å². The average molecular weight is 305 g/mol. The Morgan fingerprint density at radius 2 is 2.50 bits per heavy atom. The highest BCUT2D eigenvalue weighted by Crippen LogP contribution is 2.09. The molecule has 0 bridgehead atoms. The van der Waals surface area contributed by atoms with E-state index < -0.39 is 0 Å². The summed E-state index contributed by atoms with van der Waals surface area (Å²) in [6.45, 7) is 6.56. The van der Waals surface area contributed by atoms with Crippen LogP contribution < -0.4 is 10.9 Å². The number of anilines is 1. The summed E-state index contributed by atoms with van der Waals surface area (Å²) in [6, 6.07) is 0. The summed E-state index contributed by atoms with van der Waals surface area (Å²) in [5.74, 6) is 0.615. The summed E-state index contributed by atoms with van der Waals surface area (Å²) in [6.07, 6.45) is 2.31. The van der Waals surface area contributed by atoms with Crippen molar-refractivity contribution < 1.29 is 0 Å². The fourth-order valence-corrected chi connectivity index (χ4v) is 1.33. The zero-order valence-corrected chi connectivity index (χ0v) is 10.1. The molecular weight excluding hydrogens is 293 g/mol. The third kappa shape index (κ3) is 2.83. The van der Waals surface area contributed by atoms with Gasteiger partial charge in [0.05, 0.1) is 6.33 Å². The summed E-state index contributed by atoms with van der Waals surface area (Å²) < 4.78 is 0.578. The summed E-state index contributed by atoms with van der Waals surface area (Å²) in [5.41, 5.74) is 0.966. The average Bonchev–Trinajstić information content (AvgIpc) is 2.20. The summed E-state index contributed by atoms with van der Waals surface area (Å²) in [4.78, 5) is 17.7. The molecule has 0 aliphatic carbocycles. The first-order chi connectivity index (χ1) is 6.65. The number of H-pyrrole nitrogens is 1. The van der Waals surface area contributed by atoms with Gasteiger partial charge in [-0.05, 0) is 29.0 Å². The molecule has 4 nitrogen and oxygen atoms in total. The van der Waals surface area contributed by atoms with Crippen LogP contribution in [0.25, 0.3) is 0 Å². The monoisotopic (exact) mass is 305 g/mol. The molecule has 0 unspecified atom stereocenters. The molecule has 1 aromatic heterocycles. The zero-order valence-electron chi connectivity index (χ0n) is 7.93. The Balaban J connectivity index is 2.73. The fourth-order valence-electron chi connectivity index (χ4n) is 0.840. The van der Waals surface area contributed by atoms with Crippen molar-refractivity contribution in [1.29, 1.82) is 0 Å². The Hall–Kier alpha value is -0.850. The van der Waals surface area contributed by atoms with E-state index in [1.807, 2.05) is 29.5 Å². The third-order valence-corrected chi connectivity index (χ3v) is 2.80. The Bertz CT molecular complexity index is 386. The van der Waals surface area contributed by atoms with Crippen LogP contribution >= 0.6 is 22.6 Å². The molecule has 0 aliphatic heterocycles. The Morgan fingerprint density at radius 3 is 3.14 bits per heavy atom. The van der Waals surface area contributed by atoms with Gasteiger partial charge in [-0.1, -0.05) is 19.1 Å². The lowest BCUT2D eigenvalue weighted by Gasteiger charge is -2.06. The number of aromatic amines is 1.